The van der Waals surface area contributed by atoms with Crippen molar-refractivity contribution in [2.75, 3.05) is 18.1 Å². The van der Waals surface area contributed by atoms with Crippen LogP contribution in [0.25, 0.3) is 0 Å². The van der Waals surface area contributed by atoms with Gasteiger partial charge in [-0.2, -0.15) is 11.8 Å². The summed E-state index contributed by atoms with van der Waals surface area (Å²) in [6.07, 6.45) is 2.86. The standard InChI is InChI=1S/C13H17ClN2O3S/c1-8(20-2)5-6-15-13(19)16-11-4-3-9(14)7-10(11)12(17)18/h3-4,7-8H,5-6H2,1-2H3,(H,17,18)(H2,15,16,19). The zero-order valence-corrected chi connectivity index (χ0v) is 12.8. The Morgan fingerprint density at radius 1 is 1.45 bits per heavy atom. The number of nitrogens with one attached hydrogen (secondary N) is 2. The van der Waals surface area contributed by atoms with E-state index in [-0.39, 0.29) is 11.3 Å². The highest BCUT2D eigenvalue weighted by atomic mass is 35.5. The molecule has 1 atom stereocenters. The zero-order chi connectivity index (χ0) is 15.1. The molecule has 5 nitrogen and oxygen atoms in total. The van der Waals surface area contributed by atoms with Crippen LogP contribution in [0.5, 0.6) is 0 Å². The molecule has 7 heteroatoms. The topological polar surface area (TPSA) is 78.4 Å². The summed E-state index contributed by atoms with van der Waals surface area (Å²) in [5, 5.41) is 15.0. The third-order valence-corrected chi connectivity index (χ3v) is 3.97. The van der Waals surface area contributed by atoms with Gasteiger partial charge >= 0.3 is 12.0 Å². The minimum atomic E-state index is -1.14. The number of hydrogen-bond acceptors (Lipinski definition) is 3. The fraction of sp³-hybridized carbons (Fsp3) is 0.385. The molecule has 0 saturated heterocycles. The summed E-state index contributed by atoms with van der Waals surface area (Å²) in [5.41, 5.74) is 0.183. The molecule has 0 aliphatic rings. The number of carboxylic acid groups (broad SMARTS) is 1. The van der Waals surface area contributed by atoms with Crippen LogP contribution in [0.4, 0.5) is 10.5 Å². The van der Waals surface area contributed by atoms with Crippen LogP contribution in [-0.4, -0.2) is 35.2 Å². The van der Waals surface area contributed by atoms with E-state index in [1.54, 1.807) is 11.8 Å². The SMILES string of the molecule is CSC(C)CCNC(=O)Nc1ccc(Cl)cc1C(=O)O. The molecule has 3 N–H and O–H groups in total. The summed E-state index contributed by atoms with van der Waals surface area (Å²) in [6.45, 7) is 2.61. The van der Waals surface area contributed by atoms with Gasteiger partial charge < -0.3 is 15.7 Å². The van der Waals surface area contributed by atoms with Gasteiger partial charge in [0.1, 0.15) is 0 Å². The van der Waals surface area contributed by atoms with Crippen molar-refractivity contribution in [3.8, 4) is 0 Å². The maximum absolute atomic E-state index is 11.7. The largest absolute Gasteiger partial charge is 0.478 e. The summed E-state index contributed by atoms with van der Waals surface area (Å²) in [4.78, 5) is 22.8. The van der Waals surface area contributed by atoms with Crippen LogP contribution in [0.3, 0.4) is 0 Å². The predicted octanol–water partition coefficient (Wildman–Crippen LogP) is 3.30. The normalized spacial score (nSPS) is 11.8. The Morgan fingerprint density at radius 3 is 2.75 bits per heavy atom. The summed E-state index contributed by atoms with van der Waals surface area (Å²) in [7, 11) is 0. The fourth-order valence-corrected chi connectivity index (χ4v) is 2.00. The van der Waals surface area contributed by atoms with Gasteiger partial charge in [-0.25, -0.2) is 9.59 Å². The first-order valence-corrected chi connectivity index (χ1v) is 7.71. The summed E-state index contributed by atoms with van der Waals surface area (Å²) >= 11 is 7.46. The van der Waals surface area contributed by atoms with Crippen LogP contribution in [0, 0.1) is 0 Å². The molecule has 110 valence electrons. The van der Waals surface area contributed by atoms with Crippen molar-refractivity contribution in [1.29, 1.82) is 0 Å². The smallest absolute Gasteiger partial charge is 0.337 e. The Hall–Kier alpha value is -1.40. The highest BCUT2D eigenvalue weighted by Crippen LogP contribution is 2.20. The first-order chi connectivity index (χ1) is 9.43. The van der Waals surface area contributed by atoms with Crippen LogP contribution in [0.2, 0.25) is 5.02 Å². The second-order valence-corrected chi connectivity index (χ2v) is 5.92. The lowest BCUT2D eigenvalue weighted by Crippen LogP contribution is -2.31. The highest BCUT2D eigenvalue weighted by molar-refractivity contribution is 7.99. The van der Waals surface area contributed by atoms with E-state index < -0.39 is 12.0 Å². The number of urea groups is 1. The van der Waals surface area contributed by atoms with Gasteiger partial charge in [0.15, 0.2) is 0 Å². The summed E-state index contributed by atoms with van der Waals surface area (Å²) in [6, 6.07) is 3.87. The number of benzene rings is 1. The monoisotopic (exact) mass is 316 g/mol. The molecule has 0 aliphatic carbocycles. The molecular formula is C13H17ClN2O3S. The molecule has 0 aliphatic heterocycles. The molecule has 1 aromatic rings. The number of halogens is 1. The minimum Gasteiger partial charge on any atom is -0.478 e. The molecule has 0 saturated carbocycles. The average Bonchev–Trinajstić information content (AvgIpc) is 2.40. The molecular weight excluding hydrogens is 300 g/mol. The van der Waals surface area contributed by atoms with Crippen molar-refractivity contribution in [2.45, 2.75) is 18.6 Å². The van der Waals surface area contributed by atoms with Gasteiger partial charge in [-0.1, -0.05) is 18.5 Å². The Balaban J connectivity index is 2.60. The third kappa shape index (κ3) is 5.30. The molecule has 2 amide bonds. The molecule has 0 bridgehead atoms. The Labute approximate surface area is 127 Å². The summed E-state index contributed by atoms with van der Waals surface area (Å²) in [5.74, 6) is -1.14. The number of hydrogen-bond donors (Lipinski definition) is 3. The number of carbonyl (C=O) groups is 2. The predicted molar refractivity (Wildman–Crippen MR) is 83.0 cm³/mol. The molecule has 0 fully saturated rings. The molecule has 1 aromatic carbocycles. The van der Waals surface area contributed by atoms with Crippen LogP contribution in [0.15, 0.2) is 18.2 Å². The maximum atomic E-state index is 11.7. The van der Waals surface area contributed by atoms with Crippen molar-refractivity contribution in [3.05, 3.63) is 28.8 Å². The molecule has 0 aromatic heterocycles. The van der Waals surface area contributed by atoms with Crippen LogP contribution >= 0.6 is 23.4 Å². The van der Waals surface area contributed by atoms with Crippen LogP contribution < -0.4 is 10.6 Å². The van der Waals surface area contributed by atoms with E-state index in [9.17, 15) is 9.59 Å². The quantitative estimate of drug-likeness (QED) is 0.752. The second-order valence-electron chi connectivity index (χ2n) is 4.21. The molecule has 1 rings (SSSR count). The number of aromatic carboxylic acids is 1. The summed E-state index contributed by atoms with van der Waals surface area (Å²) < 4.78 is 0. The first kappa shape index (κ1) is 16.7. The average molecular weight is 317 g/mol. The molecule has 0 radical (unpaired) electrons. The van der Waals surface area contributed by atoms with E-state index in [0.717, 1.165) is 6.42 Å². The lowest BCUT2D eigenvalue weighted by molar-refractivity contribution is 0.0698. The van der Waals surface area contributed by atoms with Gasteiger partial charge in [0.25, 0.3) is 0 Å². The molecule has 1 unspecified atom stereocenters. The molecule has 0 heterocycles. The van der Waals surface area contributed by atoms with Gasteiger partial charge in [-0.05, 0) is 30.9 Å². The van der Waals surface area contributed by atoms with E-state index in [1.165, 1.54) is 18.2 Å². The van der Waals surface area contributed by atoms with Crippen molar-refractivity contribution in [1.82, 2.24) is 5.32 Å². The second kappa shape index (κ2) is 8.01. The number of carboxylic acids is 1. The van der Waals surface area contributed by atoms with Crippen molar-refractivity contribution >= 4 is 41.1 Å². The Bertz CT molecular complexity index is 497. The first-order valence-electron chi connectivity index (χ1n) is 6.04. The van der Waals surface area contributed by atoms with Gasteiger partial charge in [0.05, 0.1) is 11.3 Å². The zero-order valence-electron chi connectivity index (χ0n) is 11.3. The Morgan fingerprint density at radius 2 is 2.15 bits per heavy atom. The van der Waals surface area contributed by atoms with E-state index >= 15 is 0 Å². The lowest BCUT2D eigenvalue weighted by Gasteiger charge is -2.12. The van der Waals surface area contributed by atoms with E-state index in [4.69, 9.17) is 16.7 Å². The number of thioether (sulfide) groups is 1. The van der Waals surface area contributed by atoms with Gasteiger partial charge in [-0.3, -0.25) is 0 Å². The van der Waals surface area contributed by atoms with Crippen LogP contribution in [0.1, 0.15) is 23.7 Å². The number of anilines is 1. The lowest BCUT2D eigenvalue weighted by atomic mass is 10.2. The van der Waals surface area contributed by atoms with Crippen LogP contribution in [-0.2, 0) is 0 Å². The van der Waals surface area contributed by atoms with Crippen molar-refractivity contribution in [3.63, 3.8) is 0 Å². The van der Waals surface area contributed by atoms with E-state index in [1.807, 2.05) is 6.26 Å². The maximum Gasteiger partial charge on any atom is 0.337 e. The molecule has 20 heavy (non-hydrogen) atoms. The number of carbonyl (C=O) groups excluding carboxylic acids is 1. The fourth-order valence-electron chi connectivity index (χ4n) is 1.48. The van der Waals surface area contributed by atoms with Crippen molar-refractivity contribution in [2.24, 2.45) is 0 Å². The van der Waals surface area contributed by atoms with Gasteiger partial charge in [0, 0.05) is 16.8 Å². The highest BCUT2D eigenvalue weighted by Gasteiger charge is 2.13. The van der Waals surface area contributed by atoms with E-state index in [2.05, 4.69) is 17.6 Å². The van der Waals surface area contributed by atoms with E-state index in [0.29, 0.717) is 16.8 Å². The number of amides is 2. The van der Waals surface area contributed by atoms with Gasteiger partial charge in [-0.15, -0.1) is 0 Å². The van der Waals surface area contributed by atoms with Gasteiger partial charge in [0.2, 0.25) is 0 Å². The molecule has 0 spiro atoms. The minimum absolute atomic E-state index is 0.0369. The number of rotatable bonds is 6. The Kier molecular flexibility index (Phi) is 6.67. The third-order valence-electron chi connectivity index (χ3n) is 2.70. The van der Waals surface area contributed by atoms with Crippen molar-refractivity contribution < 1.29 is 14.7 Å².